The Labute approximate surface area is 179 Å². The van der Waals surface area contributed by atoms with Gasteiger partial charge in [0.1, 0.15) is 23.3 Å². The van der Waals surface area contributed by atoms with Crippen LogP contribution in [0.5, 0.6) is 17.2 Å². The number of β-lactam (4-membered cyclic amide) rings is 1. The van der Waals surface area contributed by atoms with E-state index in [1.54, 1.807) is 37.3 Å². The van der Waals surface area contributed by atoms with Crippen molar-refractivity contribution in [3.05, 3.63) is 58.1 Å². The van der Waals surface area contributed by atoms with E-state index in [4.69, 9.17) is 18.9 Å². The zero-order valence-electron chi connectivity index (χ0n) is 17.4. The van der Waals surface area contributed by atoms with Crippen molar-refractivity contribution < 1.29 is 28.7 Å². The molecule has 2 aliphatic rings. The normalized spacial score (nSPS) is 22.7. The summed E-state index contributed by atoms with van der Waals surface area (Å²) in [6.45, 7) is 1.14. The summed E-state index contributed by atoms with van der Waals surface area (Å²) < 4.78 is 22.5. The Bertz CT molecular complexity index is 974. The number of carbonyl (C=O) groups is 1. The third-order valence-corrected chi connectivity index (χ3v) is 5.62. The number of nitrogens with zero attached hydrogens (tertiary/aromatic N) is 2. The van der Waals surface area contributed by atoms with Crippen LogP contribution in [0.15, 0.2) is 42.5 Å². The van der Waals surface area contributed by atoms with Gasteiger partial charge in [-0.15, -0.1) is 0 Å². The number of nitro groups is 1. The van der Waals surface area contributed by atoms with Crippen LogP contribution in [0.1, 0.15) is 24.4 Å². The van der Waals surface area contributed by atoms with Gasteiger partial charge in [0.25, 0.3) is 11.6 Å². The molecule has 2 heterocycles. The van der Waals surface area contributed by atoms with Crippen molar-refractivity contribution in [1.29, 1.82) is 0 Å². The van der Waals surface area contributed by atoms with E-state index in [1.165, 1.54) is 18.2 Å². The fraction of sp³-hybridized carbons (Fsp3) is 0.409. The molecule has 31 heavy (non-hydrogen) atoms. The Morgan fingerprint density at radius 2 is 2.00 bits per heavy atom. The highest BCUT2D eigenvalue weighted by molar-refractivity contribution is 5.89. The summed E-state index contributed by atoms with van der Waals surface area (Å²) in [6.07, 6.45) is 1.02. The second-order valence-corrected chi connectivity index (χ2v) is 7.47. The lowest BCUT2D eigenvalue weighted by Crippen LogP contribution is -2.62. The molecule has 0 radical (unpaired) electrons. The standard InChI is InChI=1S/C22H24N2O7/c1-28-15-8-9-18(19(12-15)29-2)20-21(22(25)23(20)13-17-7-4-10-30-17)31-16-6-3-5-14(11-16)24(26)27/h3,5-6,8-9,11-12,17,20-21H,4,7,10,13H2,1-2H3/t17-,20+,21+/m0/s1. The molecule has 4 rings (SSSR count). The lowest BCUT2D eigenvalue weighted by Gasteiger charge is -2.47. The lowest BCUT2D eigenvalue weighted by molar-refractivity contribution is -0.385. The highest BCUT2D eigenvalue weighted by atomic mass is 16.6. The van der Waals surface area contributed by atoms with Crippen molar-refractivity contribution in [2.24, 2.45) is 0 Å². The molecule has 0 spiro atoms. The third-order valence-electron chi connectivity index (χ3n) is 5.62. The van der Waals surface area contributed by atoms with Crippen LogP contribution in [-0.2, 0) is 9.53 Å². The van der Waals surface area contributed by atoms with Crippen LogP contribution in [0.4, 0.5) is 5.69 Å². The number of benzene rings is 2. The van der Waals surface area contributed by atoms with E-state index in [0.717, 1.165) is 18.4 Å². The summed E-state index contributed by atoms with van der Waals surface area (Å²) in [5.41, 5.74) is 0.676. The number of likely N-dealkylation sites (tertiary alicyclic amines) is 1. The fourth-order valence-corrected chi connectivity index (χ4v) is 4.05. The Balaban J connectivity index is 1.64. The number of nitro benzene ring substituents is 1. The van der Waals surface area contributed by atoms with Gasteiger partial charge in [0, 0.05) is 30.8 Å². The summed E-state index contributed by atoms with van der Waals surface area (Å²) in [5, 5.41) is 11.1. The minimum atomic E-state index is -0.828. The minimum absolute atomic E-state index is 0.0190. The monoisotopic (exact) mass is 428 g/mol. The highest BCUT2D eigenvalue weighted by Gasteiger charge is 2.52. The van der Waals surface area contributed by atoms with E-state index in [-0.39, 0.29) is 23.4 Å². The second kappa shape index (κ2) is 8.81. The maximum atomic E-state index is 13.0. The van der Waals surface area contributed by atoms with Gasteiger partial charge in [-0.3, -0.25) is 14.9 Å². The number of ether oxygens (including phenoxy) is 4. The molecule has 0 N–H and O–H groups in total. The molecule has 0 unspecified atom stereocenters. The van der Waals surface area contributed by atoms with E-state index < -0.39 is 17.1 Å². The molecule has 9 nitrogen and oxygen atoms in total. The van der Waals surface area contributed by atoms with Gasteiger partial charge < -0.3 is 23.8 Å². The summed E-state index contributed by atoms with van der Waals surface area (Å²) in [6, 6.07) is 10.8. The largest absolute Gasteiger partial charge is 0.497 e. The highest BCUT2D eigenvalue weighted by Crippen LogP contribution is 2.43. The van der Waals surface area contributed by atoms with Crippen LogP contribution in [0, 0.1) is 10.1 Å². The number of hydrogen-bond donors (Lipinski definition) is 0. The zero-order chi connectivity index (χ0) is 22.0. The van der Waals surface area contributed by atoms with Crippen molar-refractivity contribution in [3.63, 3.8) is 0 Å². The zero-order valence-corrected chi connectivity index (χ0v) is 17.4. The molecule has 2 aliphatic heterocycles. The molecule has 0 saturated carbocycles. The Morgan fingerprint density at radius 1 is 1.16 bits per heavy atom. The van der Waals surface area contributed by atoms with E-state index in [1.807, 2.05) is 6.07 Å². The molecule has 2 saturated heterocycles. The minimum Gasteiger partial charge on any atom is -0.497 e. The summed E-state index contributed by atoms with van der Waals surface area (Å²) in [7, 11) is 3.12. The lowest BCUT2D eigenvalue weighted by atomic mass is 9.89. The molecule has 2 aromatic rings. The van der Waals surface area contributed by atoms with Crippen LogP contribution in [0.25, 0.3) is 0 Å². The van der Waals surface area contributed by atoms with Crippen molar-refractivity contribution in [1.82, 2.24) is 4.90 Å². The van der Waals surface area contributed by atoms with Gasteiger partial charge in [0.05, 0.1) is 31.3 Å². The van der Waals surface area contributed by atoms with Crippen LogP contribution < -0.4 is 14.2 Å². The maximum Gasteiger partial charge on any atom is 0.273 e. The molecule has 0 bridgehead atoms. The molecule has 0 aromatic heterocycles. The van der Waals surface area contributed by atoms with Crippen LogP contribution >= 0.6 is 0 Å². The van der Waals surface area contributed by atoms with Crippen LogP contribution in [-0.4, -0.2) is 55.3 Å². The molecule has 2 fully saturated rings. The van der Waals surface area contributed by atoms with Crippen molar-refractivity contribution >= 4 is 11.6 Å². The Morgan fingerprint density at radius 3 is 2.68 bits per heavy atom. The van der Waals surface area contributed by atoms with Crippen molar-refractivity contribution in [3.8, 4) is 17.2 Å². The summed E-state index contributed by atoms with van der Waals surface area (Å²) >= 11 is 0. The van der Waals surface area contributed by atoms with Gasteiger partial charge in [-0.2, -0.15) is 0 Å². The maximum absolute atomic E-state index is 13.0. The van der Waals surface area contributed by atoms with Gasteiger partial charge in [0.2, 0.25) is 6.10 Å². The van der Waals surface area contributed by atoms with Gasteiger partial charge in [0.15, 0.2) is 0 Å². The topological polar surface area (TPSA) is 100 Å². The number of amides is 1. The Kier molecular flexibility index (Phi) is 5.94. The number of rotatable bonds is 8. The van der Waals surface area contributed by atoms with Crippen molar-refractivity contribution in [2.45, 2.75) is 31.1 Å². The van der Waals surface area contributed by atoms with E-state index >= 15 is 0 Å². The average molecular weight is 428 g/mol. The molecule has 164 valence electrons. The quantitative estimate of drug-likeness (QED) is 0.362. The molecular weight excluding hydrogens is 404 g/mol. The third kappa shape index (κ3) is 4.13. The molecule has 3 atom stereocenters. The molecule has 9 heteroatoms. The van der Waals surface area contributed by atoms with E-state index in [0.29, 0.717) is 24.7 Å². The van der Waals surface area contributed by atoms with Gasteiger partial charge in [-0.1, -0.05) is 6.07 Å². The number of hydrogen-bond acceptors (Lipinski definition) is 7. The number of non-ortho nitro benzene ring substituents is 1. The average Bonchev–Trinajstić information content (AvgIpc) is 3.31. The first-order chi connectivity index (χ1) is 15.0. The van der Waals surface area contributed by atoms with Crippen LogP contribution in [0.3, 0.4) is 0 Å². The predicted molar refractivity (Wildman–Crippen MR) is 110 cm³/mol. The van der Waals surface area contributed by atoms with E-state index in [2.05, 4.69) is 0 Å². The van der Waals surface area contributed by atoms with Gasteiger partial charge in [-0.05, 0) is 31.0 Å². The first-order valence-electron chi connectivity index (χ1n) is 10.1. The molecule has 1 amide bonds. The first-order valence-corrected chi connectivity index (χ1v) is 10.1. The van der Waals surface area contributed by atoms with Gasteiger partial charge in [-0.25, -0.2) is 0 Å². The van der Waals surface area contributed by atoms with E-state index in [9.17, 15) is 14.9 Å². The number of carbonyl (C=O) groups excluding carboxylic acids is 1. The summed E-state index contributed by atoms with van der Waals surface area (Å²) in [4.78, 5) is 25.3. The predicted octanol–water partition coefficient (Wildman–Crippen LogP) is 3.12. The SMILES string of the molecule is COc1ccc([C@@H]2[C@@H](Oc3cccc([N+](=O)[O-])c3)C(=O)N2C[C@@H]2CCCO2)c(OC)c1. The molecule has 2 aromatic carbocycles. The Hall–Kier alpha value is -3.33. The van der Waals surface area contributed by atoms with Crippen molar-refractivity contribution in [2.75, 3.05) is 27.4 Å². The fourth-order valence-electron chi connectivity index (χ4n) is 4.05. The first kappa shape index (κ1) is 20.9. The molecular formula is C22H24N2O7. The molecule has 0 aliphatic carbocycles. The number of methoxy groups -OCH3 is 2. The van der Waals surface area contributed by atoms with Crippen LogP contribution in [0.2, 0.25) is 0 Å². The summed E-state index contributed by atoms with van der Waals surface area (Å²) in [5.74, 6) is 1.28. The smallest absolute Gasteiger partial charge is 0.273 e. The second-order valence-electron chi connectivity index (χ2n) is 7.47. The van der Waals surface area contributed by atoms with Gasteiger partial charge >= 0.3 is 0 Å².